The summed E-state index contributed by atoms with van der Waals surface area (Å²) in [6.07, 6.45) is 8.41. The van der Waals surface area contributed by atoms with Gasteiger partial charge in [0.05, 0.1) is 6.33 Å². The molecular weight excluding hydrogens is 236 g/mol. The van der Waals surface area contributed by atoms with Gasteiger partial charge in [-0.05, 0) is 43.8 Å². The van der Waals surface area contributed by atoms with E-state index in [1.165, 1.54) is 25.9 Å². The summed E-state index contributed by atoms with van der Waals surface area (Å²) in [6, 6.07) is 0.483. The largest absolute Gasteiger partial charge is 0.336 e. The van der Waals surface area contributed by atoms with Gasteiger partial charge in [0.25, 0.3) is 0 Å². The molecule has 2 rings (SSSR count). The quantitative estimate of drug-likeness (QED) is 0.853. The number of hydrogen-bond donors (Lipinski definition) is 2. The molecule has 1 aromatic rings. The molecule has 1 aromatic heterocycles. The smallest absolute Gasteiger partial charge is 0.0946 e. The van der Waals surface area contributed by atoms with Crippen molar-refractivity contribution in [2.45, 2.75) is 46.2 Å². The molecule has 4 heteroatoms. The summed E-state index contributed by atoms with van der Waals surface area (Å²) in [7, 11) is 0. The third kappa shape index (κ3) is 4.62. The Balaban J connectivity index is 1.86. The second-order valence-corrected chi connectivity index (χ2v) is 6.78. The van der Waals surface area contributed by atoms with Gasteiger partial charge >= 0.3 is 0 Å². The average Bonchev–Trinajstić information content (AvgIpc) is 2.87. The maximum Gasteiger partial charge on any atom is 0.0946 e. The molecule has 1 atom stereocenters. The highest BCUT2D eigenvalue weighted by molar-refractivity contribution is 4.85. The summed E-state index contributed by atoms with van der Waals surface area (Å²) in [5, 5.41) is 7.22. The molecule has 0 amide bonds. The second-order valence-electron chi connectivity index (χ2n) is 6.78. The Morgan fingerprint density at radius 1 is 1.37 bits per heavy atom. The number of imidazole rings is 1. The van der Waals surface area contributed by atoms with E-state index in [1.54, 1.807) is 0 Å². The molecule has 2 N–H and O–H groups in total. The molecule has 0 saturated carbocycles. The Labute approximate surface area is 117 Å². The molecule has 1 aliphatic heterocycles. The van der Waals surface area contributed by atoms with E-state index in [4.69, 9.17) is 0 Å². The van der Waals surface area contributed by atoms with Crippen LogP contribution < -0.4 is 10.6 Å². The first-order valence-electron chi connectivity index (χ1n) is 7.45. The SMILES string of the molecule is CC(C)(C)C(Cn1ccnc1)NCC1CCNCC1. The maximum absolute atomic E-state index is 4.13. The van der Waals surface area contributed by atoms with Gasteiger partial charge in [-0.2, -0.15) is 0 Å². The van der Waals surface area contributed by atoms with Crippen LogP contribution in [-0.2, 0) is 6.54 Å². The molecule has 0 radical (unpaired) electrons. The van der Waals surface area contributed by atoms with Crippen molar-refractivity contribution in [1.29, 1.82) is 0 Å². The Kier molecular flexibility index (Phi) is 4.99. The lowest BCUT2D eigenvalue weighted by molar-refractivity contribution is 0.222. The fourth-order valence-corrected chi connectivity index (χ4v) is 2.64. The lowest BCUT2D eigenvalue weighted by Crippen LogP contribution is -2.46. The molecule has 0 bridgehead atoms. The van der Waals surface area contributed by atoms with Crippen molar-refractivity contribution in [1.82, 2.24) is 20.2 Å². The van der Waals surface area contributed by atoms with Gasteiger partial charge in [-0.25, -0.2) is 4.98 Å². The molecule has 1 aliphatic rings. The van der Waals surface area contributed by atoms with Crippen LogP contribution in [0.4, 0.5) is 0 Å². The molecular formula is C15H28N4. The Hall–Kier alpha value is -0.870. The summed E-state index contributed by atoms with van der Waals surface area (Å²) in [5.74, 6) is 0.828. The highest BCUT2D eigenvalue weighted by Gasteiger charge is 2.25. The second kappa shape index (κ2) is 6.53. The van der Waals surface area contributed by atoms with E-state index in [2.05, 4.69) is 41.0 Å². The van der Waals surface area contributed by atoms with Crippen molar-refractivity contribution in [3.8, 4) is 0 Å². The molecule has 4 nitrogen and oxygen atoms in total. The molecule has 1 fully saturated rings. The van der Waals surface area contributed by atoms with Gasteiger partial charge in [0, 0.05) is 25.0 Å². The zero-order valence-electron chi connectivity index (χ0n) is 12.5. The Morgan fingerprint density at radius 3 is 2.68 bits per heavy atom. The van der Waals surface area contributed by atoms with Crippen LogP contribution in [0.5, 0.6) is 0 Å². The highest BCUT2D eigenvalue weighted by atomic mass is 15.1. The first-order valence-corrected chi connectivity index (χ1v) is 7.45. The van der Waals surface area contributed by atoms with Crippen LogP contribution in [0.15, 0.2) is 18.7 Å². The standard InChI is InChI=1S/C15H28N4/c1-15(2,3)14(11-19-9-8-17-12-19)18-10-13-4-6-16-7-5-13/h8-9,12-14,16,18H,4-7,10-11H2,1-3H3. The lowest BCUT2D eigenvalue weighted by atomic mass is 9.86. The van der Waals surface area contributed by atoms with Crippen molar-refractivity contribution in [2.24, 2.45) is 11.3 Å². The summed E-state index contributed by atoms with van der Waals surface area (Å²) in [6.45, 7) is 11.4. The number of aromatic nitrogens is 2. The van der Waals surface area contributed by atoms with Crippen molar-refractivity contribution < 1.29 is 0 Å². The van der Waals surface area contributed by atoms with Crippen molar-refractivity contribution in [3.05, 3.63) is 18.7 Å². The van der Waals surface area contributed by atoms with Crippen molar-refractivity contribution in [3.63, 3.8) is 0 Å². The van der Waals surface area contributed by atoms with E-state index >= 15 is 0 Å². The molecule has 2 heterocycles. The lowest BCUT2D eigenvalue weighted by Gasteiger charge is -2.34. The molecule has 0 spiro atoms. The topological polar surface area (TPSA) is 41.9 Å². The monoisotopic (exact) mass is 264 g/mol. The van der Waals surface area contributed by atoms with Crippen molar-refractivity contribution in [2.75, 3.05) is 19.6 Å². The predicted octanol–water partition coefficient (Wildman–Crippen LogP) is 1.89. The zero-order chi connectivity index (χ0) is 13.7. The van der Waals surface area contributed by atoms with Crippen LogP contribution in [0.2, 0.25) is 0 Å². The van der Waals surface area contributed by atoms with Gasteiger partial charge < -0.3 is 15.2 Å². The van der Waals surface area contributed by atoms with Gasteiger partial charge in [0.15, 0.2) is 0 Å². The summed E-state index contributed by atoms with van der Waals surface area (Å²) in [4.78, 5) is 4.13. The fraction of sp³-hybridized carbons (Fsp3) is 0.800. The summed E-state index contributed by atoms with van der Waals surface area (Å²) < 4.78 is 2.17. The number of rotatable bonds is 5. The van der Waals surface area contributed by atoms with Crippen molar-refractivity contribution >= 4 is 0 Å². The van der Waals surface area contributed by atoms with Crippen LogP contribution >= 0.6 is 0 Å². The van der Waals surface area contributed by atoms with Gasteiger partial charge in [-0.3, -0.25) is 0 Å². The van der Waals surface area contributed by atoms with Gasteiger partial charge in [0.2, 0.25) is 0 Å². The predicted molar refractivity (Wildman–Crippen MR) is 79.1 cm³/mol. The minimum absolute atomic E-state index is 0.261. The molecule has 1 saturated heterocycles. The van der Waals surface area contributed by atoms with Crippen LogP contribution in [0.3, 0.4) is 0 Å². The van der Waals surface area contributed by atoms with E-state index < -0.39 is 0 Å². The van der Waals surface area contributed by atoms with Crippen LogP contribution in [-0.4, -0.2) is 35.2 Å². The zero-order valence-corrected chi connectivity index (χ0v) is 12.5. The number of nitrogens with zero attached hydrogens (tertiary/aromatic N) is 2. The van der Waals surface area contributed by atoms with Gasteiger partial charge in [-0.1, -0.05) is 20.8 Å². The normalized spacial score (nSPS) is 19.5. The van der Waals surface area contributed by atoms with E-state index in [-0.39, 0.29) is 5.41 Å². The molecule has 1 unspecified atom stereocenters. The summed E-state index contributed by atoms with van der Waals surface area (Å²) >= 11 is 0. The molecule has 19 heavy (non-hydrogen) atoms. The molecule has 108 valence electrons. The number of nitrogens with one attached hydrogen (secondary N) is 2. The van der Waals surface area contributed by atoms with Gasteiger partial charge in [0.1, 0.15) is 0 Å². The van der Waals surface area contributed by atoms with Crippen LogP contribution in [0.1, 0.15) is 33.6 Å². The Bertz CT molecular complexity index is 347. The van der Waals surface area contributed by atoms with E-state index in [0.29, 0.717) is 6.04 Å². The van der Waals surface area contributed by atoms with Gasteiger partial charge in [-0.15, -0.1) is 0 Å². The third-order valence-electron chi connectivity index (χ3n) is 4.11. The minimum atomic E-state index is 0.261. The minimum Gasteiger partial charge on any atom is -0.336 e. The number of hydrogen-bond acceptors (Lipinski definition) is 3. The first-order chi connectivity index (χ1) is 9.05. The molecule has 0 aliphatic carbocycles. The number of piperidine rings is 1. The summed E-state index contributed by atoms with van der Waals surface area (Å²) in [5.41, 5.74) is 0.261. The molecule has 0 aromatic carbocycles. The Morgan fingerprint density at radius 2 is 2.11 bits per heavy atom. The van der Waals surface area contributed by atoms with E-state index in [0.717, 1.165) is 19.0 Å². The van der Waals surface area contributed by atoms with Crippen LogP contribution in [0.25, 0.3) is 0 Å². The maximum atomic E-state index is 4.13. The average molecular weight is 264 g/mol. The van der Waals surface area contributed by atoms with E-state index in [1.807, 2.05) is 18.7 Å². The highest BCUT2D eigenvalue weighted by Crippen LogP contribution is 2.21. The fourth-order valence-electron chi connectivity index (χ4n) is 2.64. The van der Waals surface area contributed by atoms with Crippen LogP contribution in [0, 0.1) is 11.3 Å². The van der Waals surface area contributed by atoms with E-state index in [9.17, 15) is 0 Å². The third-order valence-corrected chi connectivity index (χ3v) is 4.11. The first kappa shape index (κ1) is 14.5.